The molecule has 6 nitrogen and oxygen atoms in total. The van der Waals surface area contributed by atoms with E-state index >= 15 is 0 Å². The van der Waals surface area contributed by atoms with Crippen molar-refractivity contribution >= 4 is 32.4 Å². The highest BCUT2D eigenvalue weighted by molar-refractivity contribution is 6.71. The molecule has 0 saturated carbocycles. The Morgan fingerprint density at radius 2 is 1.56 bits per heavy atom. The molecule has 0 bridgehead atoms. The fourth-order valence-corrected chi connectivity index (χ4v) is 5.57. The monoisotopic (exact) mass is 476 g/mol. The molecule has 0 aliphatic carbocycles. The van der Waals surface area contributed by atoms with Crippen LogP contribution in [0.1, 0.15) is 30.5 Å². The molecule has 0 radical (unpaired) electrons. The highest BCUT2D eigenvalue weighted by atomic mass is 28.4. The molecule has 3 aromatic rings. The third-order valence-electron chi connectivity index (χ3n) is 4.83. The molecule has 3 rings (SSSR count). The molecule has 0 heterocycles. The van der Waals surface area contributed by atoms with E-state index in [2.05, 4.69) is 25.2 Å². The van der Waals surface area contributed by atoms with Gasteiger partial charge in [-0.05, 0) is 49.0 Å². The van der Waals surface area contributed by atoms with E-state index in [1.807, 2.05) is 18.2 Å². The highest BCUT2D eigenvalue weighted by Gasteiger charge is 2.26. The van der Waals surface area contributed by atoms with Crippen molar-refractivity contribution in [2.45, 2.75) is 33.0 Å². The average molecular weight is 477 g/mol. The van der Waals surface area contributed by atoms with Gasteiger partial charge in [-0.3, -0.25) is 9.59 Å². The molecule has 34 heavy (non-hydrogen) atoms. The molecule has 0 atom stereocenters. The maximum Gasteiger partial charge on any atom is 0.308 e. The number of aromatic hydroxyl groups is 1. The lowest BCUT2D eigenvalue weighted by molar-refractivity contribution is -0.132. The summed E-state index contributed by atoms with van der Waals surface area (Å²) in [5.41, 5.74) is 2.28. The van der Waals surface area contributed by atoms with Gasteiger partial charge in [-0.15, -0.1) is 0 Å². The van der Waals surface area contributed by atoms with Gasteiger partial charge in [0.05, 0.1) is 5.56 Å². The van der Waals surface area contributed by atoms with Crippen molar-refractivity contribution in [3.63, 3.8) is 0 Å². The second-order valence-electron chi connectivity index (χ2n) is 8.43. The van der Waals surface area contributed by atoms with Crippen LogP contribution in [-0.4, -0.2) is 25.4 Å². The molecule has 0 spiro atoms. The van der Waals surface area contributed by atoms with Crippen molar-refractivity contribution in [2.75, 3.05) is 0 Å². The van der Waals surface area contributed by atoms with Crippen LogP contribution in [0, 0.1) is 0 Å². The largest absolute Gasteiger partial charge is 0.543 e. The molecule has 0 aliphatic heterocycles. The zero-order valence-electron chi connectivity index (χ0n) is 19.7. The first-order chi connectivity index (χ1) is 16.1. The first-order valence-electron chi connectivity index (χ1n) is 10.9. The van der Waals surface area contributed by atoms with Gasteiger partial charge in [-0.1, -0.05) is 42.5 Å². The molecule has 0 aromatic heterocycles. The van der Waals surface area contributed by atoms with Crippen LogP contribution >= 0.6 is 0 Å². The zero-order chi connectivity index (χ0) is 24.7. The van der Waals surface area contributed by atoms with Crippen molar-refractivity contribution < 1.29 is 28.6 Å². The molecule has 0 amide bonds. The van der Waals surface area contributed by atoms with Gasteiger partial charge in [0.1, 0.15) is 23.0 Å². The Morgan fingerprint density at radius 1 is 0.853 bits per heavy atom. The number of phenolic OH excluding ortho intramolecular Hbond substituents is 1. The van der Waals surface area contributed by atoms with E-state index in [-0.39, 0.29) is 11.5 Å². The van der Waals surface area contributed by atoms with Crippen LogP contribution < -0.4 is 13.9 Å². The van der Waals surface area contributed by atoms with E-state index in [4.69, 9.17) is 13.9 Å². The minimum absolute atomic E-state index is 0.0206. The summed E-state index contributed by atoms with van der Waals surface area (Å²) < 4.78 is 17.0. The van der Waals surface area contributed by atoms with Gasteiger partial charge in [0, 0.05) is 31.5 Å². The third kappa shape index (κ3) is 7.08. The number of carbonyl (C=O) groups is 2. The number of rotatable bonds is 8. The molecule has 176 valence electrons. The Morgan fingerprint density at radius 3 is 2.24 bits per heavy atom. The zero-order valence-corrected chi connectivity index (χ0v) is 20.7. The van der Waals surface area contributed by atoms with E-state index in [1.165, 1.54) is 25.5 Å². The van der Waals surface area contributed by atoms with Crippen molar-refractivity contribution in [1.82, 2.24) is 0 Å². The second kappa shape index (κ2) is 10.9. The van der Waals surface area contributed by atoms with Crippen LogP contribution in [-0.2, 0) is 15.6 Å². The van der Waals surface area contributed by atoms with Crippen LogP contribution in [0.4, 0.5) is 0 Å². The fraction of sp³-hybridized carbons (Fsp3) is 0.185. The van der Waals surface area contributed by atoms with Gasteiger partial charge in [0.25, 0.3) is 0 Å². The quantitative estimate of drug-likeness (QED) is 0.192. The summed E-state index contributed by atoms with van der Waals surface area (Å²) in [7, 11) is -2.22. The van der Waals surface area contributed by atoms with E-state index < -0.39 is 20.3 Å². The normalized spacial score (nSPS) is 11.3. The van der Waals surface area contributed by atoms with Gasteiger partial charge in [-0.25, -0.2) is 0 Å². The van der Waals surface area contributed by atoms with E-state index in [0.29, 0.717) is 17.1 Å². The number of esters is 2. The Hall–Kier alpha value is -3.84. The number of hydrogen-bond donors (Lipinski definition) is 1. The third-order valence-corrected chi connectivity index (χ3v) is 6.86. The van der Waals surface area contributed by atoms with Crippen LogP contribution in [0.15, 0.2) is 66.7 Å². The van der Waals surface area contributed by atoms with Gasteiger partial charge in [-0.2, -0.15) is 0 Å². The minimum atomic E-state index is -2.22. The van der Waals surface area contributed by atoms with Gasteiger partial charge < -0.3 is 19.0 Å². The Kier molecular flexibility index (Phi) is 7.91. The summed E-state index contributed by atoms with van der Waals surface area (Å²) >= 11 is 0. The highest BCUT2D eigenvalue weighted by Crippen LogP contribution is 2.33. The number of benzene rings is 3. The lowest BCUT2D eigenvalue weighted by Gasteiger charge is -2.26. The maximum absolute atomic E-state index is 11.5. The van der Waals surface area contributed by atoms with Crippen molar-refractivity contribution in [3.8, 4) is 23.0 Å². The van der Waals surface area contributed by atoms with Gasteiger partial charge in [0.15, 0.2) is 0 Å². The molecule has 0 aliphatic rings. The first-order valence-corrected chi connectivity index (χ1v) is 14.0. The lowest BCUT2D eigenvalue weighted by Crippen LogP contribution is -2.37. The van der Waals surface area contributed by atoms with E-state index in [0.717, 1.165) is 11.6 Å². The van der Waals surface area contributed by atoms with Crippen molar-refractivity contribution in [2.24, 2.45) is 0 Å². The molecule has 0 saturated heterocycles. The second-order valence-corrected chi connectivity index (χ2v) is 12.5. The molecule has 1 N–H and O–H groups in total. The van der Waals surface area contributed by atoms with Crippen molar-refractivity contribution in [1.29, 1.82) is 0 Å². The SMILES string of the molecule is CC(=O)Oc1ccc(C=Cc2c(O)cccc2OC(C)=O)c(O[Si](C)(C)Cc2ccccc2)c1. The molecule has 3 aromatic carbocycles. The standard InChI is InChI=1S/C27H28O6Si/c1-19(28)31-23-15-13-22(14-16-24-25(30)11-8-12-26(24)32-20(2)29)27(17-23)33-34(3,4)18-21-9-6-5-7-10-21/h5-17,30H,18H2,1-4H3. The van der Waals surface area contributed by atoms with Crippen LogP contribution in [0.2, 0.25) is 13.1 Å². The Balaban J connectivity index is 1.96. The maximum atomic E-state index is 11.5. The fourth-order valence-electron chi connectivity index (χ4n) is 3.51. The minimum Gasteiger partial charge on any atom is -0.543 e. The topological polar surface area (TPSA) is 82.1 Å². The molecule has 7 heteroatoms. The number of hydrogen-bond acceptors (Lipinski definition) is 6. The Bertz CT molecular complexity index is 1200. The number of ether oxygens (including phenoxy) is 2. The summed E-state index contributed by atoms with van der Waals surface area (Å²) in [6, 6.07) is 20.8. The van der Waals surface area contributed by atoms with Gasteiger partial charge in [0.2, 0.25) is 8.32 Å². The molecular weight excluding hydrogens is 448 g/mol. The average Bonchev–Trinajstić information content (AvgIpc) is 2.74. The predicted molar refractivity (Wildman–Crippen MR) is 134 cm³/mol. The molecule has 0 fully saturated rings. The van der Waals surface area contributed by atoms with E-state index in [9.17, 15) is 14.7 Å². The van der Waals surface area contributed by atoms with Crippen molar-refractivity contribution in [3.05, 3.63) is 83.4 Å². The predicted octanol–water partition coefficient (Wildman–Crippen LogP) is 5.78. The summed E-state index contributed by atoms with van der Waals surface area (Å²) in [4.78, 5) is 22.9. The number of carbonyl (C=O) groups excluding carboxylic acids is 2. The van der Waals surface area contributed by atoms with Crippen LogP contribution in [0.3, 0.4) is 0 Å². The lowest BCUT2D eigenvalue weighted by atomic mass is 10.1. The summed E-state index contributed by atoms with van der Waals surface area (Å²) in [6.07, 6.45) is 3.43. The smallest absolute Gasteiger partial charge is 0.308 e. The summed E-state index contributed by atoms with van der Waals surface area (Å²) in [5.74, 6) is 0.271. The van der Waals surface area contributed by atoms with Crippen LogP contribution in [0.25, 0.3) is 12.2 Å². The Labute approximate surface area is 200 Å². The molecular formula is C27H28O6Si. The summed E-state index contributed by atoms with van der Waals surface area (Å²) in [5, 5.41) is 10.3. The summed E-state index contributed by atoms with van der Waals surface area (Å²) in [6.45, 7) is 6.88. The van der Waals surface area contributed by atoms with Gasteiger partial charge >= 0.3 is 11.9 Å². The molecule has 0 unspecified atom stereocenters. The first kappa shape index (κ1) is 24.8. The van der Waals surface area contributed by atoms with Crippen LogP contribution in [0.5, 0.6) is 23.0 Å². The number of phenols is 1. The van der Waals surface area contributed by atoms with E-state index in [1.54, 1.807) is 42.5 Å².